The van der Waals surface area contributed by atoms with Crippen molar-refractivity contribution in [2.24, 2.45) is 0 Å². The zero-order valence-corrected chi connectivity index (χ0v) is 6.25. The van der Waals surface area contributed by atoms with Crippen LogP contribution in [0.15, 0.2) is 12.7 Å². The van der Waals surface area contributed by atoms with Crippen LogP contribution in [-0.4, -0.2) is 30.6 Å². The van der Waals surface area contributed by atoms with E-state index in [0.717, 1.165) is 32.5 Å². The highest BCUT2D eigenvalue weighted by molar-refractivity contribution is 4.77. The van der Waals surface area contributed by atoms with Crippen LogP contribution in [0.4, 0.5) is 0 Å². The first-order valence-corrected chi connectivity index (χ1v) is 3.82. The number of piperidine rings is 1. The quantitative estimate of drug-likeness (QED) is 0.526. The van der Waals surface area contributed by atoms with Crippen molar-refractivity contribution < 1.29 is 5.11 Å². The number of likely N-dealkylation sites (tertiary alicyclic amines) is 1. The van der Waals surface area contributed by atoms with Gasteiger partial charge in [-0.3, -0.25) is 4.90 Å². The van der Waals surface area contributed by atoms with Gasteiger partial charge in [0.05, 0.1) is 6.10 Å². The van der Waals surface area contributed by atoms with Crippen LogP contribution >= 0.6 is 0 Å². The molecule has 0 unspecified atom stereocenters. The Labute approximate surface area is 62.2 Å². The molecule has 0 atom stereocenters. The Balaban J connectivity index is 2.19. The lowest BCUT2D eigenvalue weighted by molar-refractivity contribution is 0.0310. The van der Waals surface area contributed by atoms with Crippen LogP contribution in [-0.2, 0) is 5.11 Å². The van der Waals surface area contributed by atoms with Crippen LogP contribution in [0.25, 0.3) is 0 Å². The van der Waals surface area contributed by atoms with Gasteiger partial charge < -0.3 is 0 Å². The molecule has 57 valence electrons. The van der Waals surface area contributed by atoms with Crippen molar-refractivity contribution in [3.63, 3.8) is 0 Å². The van der Waals surface area contributed by atoms with E-state index in [1.807, 2.05) is 6.08 Å². The fourth-order valence-corrected chi connectivity index (χ4v) is 1.27. The van der Waals surface area contributed by atoms with Crippen LogP contribution in [0.5, 0.6) is 0 Å². The van der Waals surface area contributed by atoms with Gasteiger partial charge in [0.2, 0.25) is 0 Å². The molecular formula is C8H14NO. The molecule has 0 aliphatic carbocycles. The molecule has 1 fully saturated rings. The summed E-state index contributed by atoms with van der Waals surface area (Å²) in [6.07, 6.45) is 3.22. The second kappa shape index (κ2) is 3.74. The van der Waals surface area contributed by atoms with Gasteiger partial charge in [0.25, 0.3) is 0 Å². The molecule has 1 aliphatic heterocycles. The lowest BCUT2D eigenvalue weighted by Gasteiger charge is -2.27. The largest absolute Gasteiger partial charge is 0.299 e. The van der Waals surface area contributed by atoms with E-state index in [2.05, 4.69) is 11.5 Å². The molecule has 2 nitrogen and oxygen atoms in total. The predicted molar refractivity (Wildman–Crippen MR) is 40.3 cm³/mol. The van der Waals surface area contributed by atoms with Gasteiger partial charge in [0.1, 0.15) is 0 Å². The Morgan fingerprint density at radius 2 is 2.10 bits per heavy atom. The molecule has 0 aromatic carbocycles. The lowest BCUT2D eigenvalue weighted by atomic mass is 10.1. The molecule has 0 aromatic rings. The summed E-state index contributed by atoms with van der Waals surface area (Å²) in [5, 5.41) is 10.8. The Morgan fingerprint density at radius 1 is 1.50 bits per heavy atom. The highest BCUT2D eigenvalue weighted by Crippen LogP contribution is 2.09. The first kappa shape index (κ1) is 7.76. The van der Waals surface area contributed by atoms with Gasteiger partial charge in [0.15, 0.2) is 0 Å². The molecule has 1 aliphatic rings. The Kier molecular flexibility index (Phi) is 2.90. The van der Waals surface area contributed by atoms with Gasteiger partial charge in [-0.1, -0.05) is 6.08 Å². The molecular weight excluding hydrogens is 126 g/mol. The van der Waals surface area contributed by atoms with Crippen molar-refractivity contribution in [2.45, 2.75) is 18.9 Å². The van der Waals surface area contributed by atoms with E-state index in [4.69, 9.17) is 0 Å². The first-order valence-electron chi connectivity index (χ1n) is 3.82. The summed E-state index contributed by atoms with van der Waals surface area (Å²) in [4.78, 5) is 2.27. The fraction of sp³-hybridized carbons (Fsp3) is 0.750. The SMILES string of the molecule is C=CCN1CCC([O])CC1. The number of hydrogen-bond acceptors (Lipinski definition) is 1. The minimum Gasteiger partial charge on any atom is -0.299 e. The average Bonchev–Trinajstić information content (AvgIpc) is 1.95. The Morgan fingerprint density at radius 3 is 2.60 bits per heavy atom. The van der Waals surface area contributed by atoms with Crippen LogP contribution in [0.2, 0.25) is 0 Å². The summed E-state index contributed by atoms with van der Waals surface area (Å²) in [7, 11) is 0. The molecule has 10 heavy (non-hydrogen) atoms. The number of hydrogen-bond donors (Lipinski definition) is 0. The third kappa shape index (κ3) is 2.12. The van der Waals surface area contributed by atoms with E-state index < -0.39 is 0 Å². The highest BCUT2D eigenvalue weighted by Gasteiger charge is 2.16. The Bertz CT molecular complexity index is 106. The summed E-state index contributed by atoms with van der Waals surface area (Å²) >= 11 is 0. The van der Waals surface area contributed by atoms with E-state index in [9.17, 15) is 5.11 Å². The monoisotopic (exact) mass is 140 g/mol. The third-order valence-electron chi connectivity index (χ3n) is 1.92. The summed E-state index contributed by atoms with van der Waals surface area (Å²) in [5.74, 6) is 0. The summed E-state index contributed by atoms with van der Waals surface area (Å²) in [5.41, 5.74) is 0. The zero-order chi connectivity index (χ0) is 7.40. The molecule has 1 heterocycles. The molecule has 0 saturated carbocycles. The van der Waals surface area contributed by atoms with Crippen molar-refractivity contribution in [3.8, 4) is 0 Å². The number of rotatable bonds is 2. The third-order valence-corrected chi connectivity index (χ3v) is 1.92. The molecule has 0 spiro atoms. The van der Waals surface area contributed by atoms with E-state index in [1.165, 1.54) is 0 Å². The highest BCUT2D eigenvalue weighted by atomic mass is 16.3. The molecule has 0 bridgehead atoms. The van der Waals surface area contributed by atoms with Crippen molar-refractivity contribution in [3.05, 3.63) is 12.7 Å². The maximum atomic E-state index is 10.8. The second-order valence-electron chi connectivity index (χ2n) is 2.79. The van der Waals surface area contributed by atoms with Crippen molar-refractivity contribution >= 4 is 0 Å². The van der Waals surface area contributed by atoms with Crippen LogP contribution in [0.3, 0.4) is 0 Å². The van der Waals surface area contributed by atoms with Crippen LogP contribution in [0.1, 0.15) is 12.8 Å². The minimum absolute atomic E-state index is 0.305. The Hall–Kier alpha value is -0.340. The van der Waals surface area contributed by atoms with Gasteiger partial charge in [-0.05, 0) is 12.8 Å². The molecule has 0 N–H and O–H groups in total. The predicted octanol–water partition coefficient (Wildman–Crippen LogP) is 1.07. The summed E-state index contributed by atoms with van der Waals surface area (Å²) < 4.78 is 0. The van der Waals surface area contributed by atoms with E-state index in [-0.39, 0.29) is 6.10 Å². The standard InChI is InChI=1S/C8H14NO/c1-2-5-9-6-3-8(10)4-7-9/h2,8H,1,3-7H2. The van der Waals surface area contributed by atoms with Crippen LogP contribution < -0.4 is 0 Å². The molecule has 1 rings (SSSR count). The van der Waals surface area contributed by atoms with Crippen molar-refractivity contribution in [1.29, 1.82) is 0 Å². The topological polar surface area (TPSA) is 23.1 Å². The lowest BCUT2D eigenvalue weighted by Crippen LogP contribution is -2.35. The normalized spacial score (nSPS) is 22.9. The van der Waals surface area contributed by atoms with Crippen LogP contribution in [0, 0.1) is 0 Å². The van der Waals surface area contributed by atoms with Crippen molar-refractivity contribution in [1.82, 2.24) is 4.90 Å². The van der Waals surface area contributed by atoms with Gasteiger partial charge in [0, 0.05) is 19.6 Å². The molecule has 0 amide bonds. The maximum Gasteiger partial charge on any atom is 0.0954 e. The molecule has 1 radical (unpaired) electrons. The number of nitrogens with zero attached hydrogens (tertiary/aromatic N) is 1. The summed E-state index contributed by atoms with van der Waals surface area (Å²) in [6.45, 7) is 6.51. The van der Waals surface area contributed by atoms with E-state index >= 15 is 0 Å². The smallest absolute Gasteiger partial charge is 0.0954 e. The fourth-order valence-electron chi connectivity index (χ4n) is 1.27. The van der Waals surface area contributed by atoms with Gasteiger partial charge in [-0.25, -0.2) is 5.11 Å². The maximum absolute atomic E-state index is 10.8. The summed E-state index contributed by atoms with van der Waals surface area (Å²) in [6, 6.07) is 0. The molecule has 2 heteroatoms. The van der Waals surface area contributed by atoms with Gasteiger partial charge in [-0.15, -0.1) is 6.58 Å². The van der Waals surface area contributed by atoms with Gasteiger partial charge >= 0.3 is 0 Å². The van der Waals surface area contributed by atoms with E-state index in [0.29, 0.717) is 0 Å². The molecule has 0 aromatic heterocycles. The van der Waals surface area contributed by atoms with E-state index in [1.54, 1.807) is 0 Å². The van der Waals surface area contributed by atoms with Gasteiger partial charge in [-0.2, -0.15) is 0 Å². The minimum atomic E-state index is -0.305. The first-order chi connectivity index (χ1) is 4.83. The second-order valence-corrected chi connectivity index (χ2v) is 2.79. The zero-order valence-electron chi connectivity index (χ0n) is 6.25. The molecule has 1 saturated heterocycles. The average molecular weight is 140 g/mol. The van der Waals surface area contributed by atoms with Crippen molar-refractivity contribution in [2.75, 3.05) is 19.6 Å².